The number of aromatic nitrogens is 2. The lowest BCUT2D eigenvalue weighted by molar-refractivity contribution is 0.411. The fraction of sp³-hybridized carbons (Fsp3) is 0.308. The van der Waals surface area contributed by atoms with Crippen LogP contribution in [0.1, 0.15) is 17.0 Å². The monoisotopic (exact) mass is 265 g/mol. The second-order valence-electron chi connectivity index (χ2n) is 4.19. The zero-order valence-corrected chi connectivity index (χ0v) is 11.4. The van der Waals surface area contributed by atoms with Gasteiger partial charge in [-0.3, -0.25) is 0 Å². The average molecular weight is 266 g/mol. The van der Waals surface area contributed by atoms with E-state index in [-0.39, 0.29) is 0 Å². The van der Waals surface area contributed by atoms with Gasteiger partial charge in [-0.2, -0.15) is 0 Å². The molecule has 0 aliphatic carbocycles. The highest BCUT2D eigenvalue weighted by atomic mass is 35.5. The lowest BCUT2D eigenvalue weighted by atomic mass is 10.0. The summed E-state index contributed by atoms with van der Waals surface area (Å²) < 4.78 is 5.29. The Morgan fingerprint density at radius 3 is 2.61 bits per heavy atom. The molecule has 0 radical (unpaired) electrons. The van der Waals surface area contributed by atoms with Crippen molar-refractivity contribution in [2.45, 2.75) is 20.4 Å². The Bertz CT molecular complexity index is 578. The smallest absolute Gasteiger partial charge is 0.134 e. The molecule has 5 heteroatoms. The molecule has 0 aliphatic heterocycles. The molecular formula is C13H16ClN3O. The van der Waals surface area contributed by atoms with Gasteiger partial charge in [-0.15, -0.1) is 0 Å². The standard InChI is InChI=1S/C13H16ClN3O/c1-7-5-10(18-3)8(2)4-9(7)12-13(14)17-11(6-15)16-12/h4-5H,6,15H2,1-3H3,(H,16,17). The molecule has 2 aromatic rings. The molecule has 0 amide bonds. The maximum absolute atomic E-state index is 6.15. The molecule has 0 unspecified atom stereocenters. The molecule has 3 N–H and O–H groups in total. The molecule has 1 aromatic carbocycles. The van der Waals surface area contributed by atoms with Crippen molar-refractivity contribution in [3.8, 4) is 17.0 Å². The van der Waals surface area contributed by atoms with Crippen LogP contribution in [0.4, 0.5) is 0 Å². The van der Waals surface area contributed by atoms with Crippen molar-refractivity contribution in [2.75, 3.05) is 7.11 Å². The number of rotatable bonds is 3. The Hall–Kier alpha value is -1.52. The van der Waals surface area contributed by atoms with E-state index in [0.717, 1.165) is 28.1 Å². The van der Waals surface area contributed by atoms with Gasteiger partial charge in [0.1, 0.15) is 22.4 Å². The molecule has 1 aromatic heterocycles. The molecular weight excluding hydrogens is 250 g/mol. The molecule has 0 fully saturated rings. The average Bonchev–Trinajstić information content (AvgIpc) is 2.73. The molecule has 2 rings (SSSR count). The van der Waals surface area contributed by atoms with E-state index in [0.29, 0.717) is 17.5 Å². The number of nitrogens with one attached hydrogen (secondary N) is 1. The van der Waals surface area contributed by atoms with Crippen molar-refractivity contribution in [1.29, 1.82) is 0 Å². The summed E-state index contributed by atoms with van der Waals surface area (Å²) in [5.74, 6) is 1.55. The molecule has 0 aliphatic rings. The lowest BCUT2D eigenvalue weighted by Gasteiger charge is -2.10. The van der Waals surface area contributed by atoms with Crippen molar-refractivity contribution in [1.82, 2.24) is 9.97 Å². The molecule has 96 valence electrons. The fourth-order valence-corrected chi connectivity index (χ4v) is 2.19. The first-order valence-electron chi connectivity index (χ1n) is 5.67. The van der Waals surface area contributed by atoms with E-state index >= 15 is 0 Å². The third-order valence-corrected chi connectivity index (χ3v) is 3.17. The summed E-state index contributed by atoms with van der Waals surface area (Å²) in [6.07, 6.45) is 0. The van der Waals surface area contributed by atoms with Gasteiger partial charge in [0, 0.05) is 5.56 Å². The number of ether oxygens (including phenoxy) is 1. The third kappa shape index (κ3) is 2.21. The lowest BCUT2D eigenvalue weighted by Crippen LogP contribution is -1.98. The number of methoxy groups -OCH3 is 1. The highest BCUT2D eigenvalue weighted by Gasteiger charge is 2.14. The van der Waals surface area contributed by atoms with E-state index in [1.165, 1.54) is 0 Å². The molecule has 18 heavy (non-hydrogen) atoms. The van der Waals surface area contributed by atoms with Crippen LogP contribution < -0.4 is 10.5 Å². The van der Waals surface area contributed by atoms with Gasteiger partial charge >= 0.3 is 0 Å². The first-order valence-corrected chi connectivity index (χ1v) is 6.04. The van der Waals surface area contributed by atoms with E-state index in [4.69, 9.17) is 22.1 Å². The number of imidazole rings is 1. The number of nitrogens with two attached hydrogens (primary N) is 1. The maximum Gasteiger partial charge on any atom is 0.134 e. The summed E-state index contributed by atoms with van der Waals surface area (Å²) >= 11 is 6.15. The van der Waals surface area contributed by atoms with Crippen LogP contribution in [0.25, 0.3) is 11.3 Å². The van der Waals surface area contributed by atoms with Crippen LogP contribution >= 0.6 is 11.6 Å². The normalized spacial score (nSPS) is 10.7. The summed E-state index contributed by atoms with van der Waals surface area (Å²) in [7, 11) is 1.66. The Morgan fingerprint density at radius 2 is 2.06 bits per heavy atom. The Kier molecular flexibility index (Phi) is 3.59. The first-order chi connectivity index (χ1) is 8.56. The maximum atomic E-state index is 6.15. The van der Waals surface area contributed by atoms with E-state index in [9.17, 15) is 0 Å². The van der Waals surface area contributed by atoms with Gasteiger partial charge in [0.2, 0.25) is 0 Å². The van der Waals surface area contributed by atoms with Crippen molar-refractivity contribution < 1.29 is 4.74 Å². The van der Waals surface area contributed by atoms with Crippen molar-refractivity contribution in [3.05, 3.63) is 34.2 Å². The Balaban J connectivity index is 2.56. The molecule has 0 atom stereocenters. The Labute approximate surface area is 111 Å². The van der Waals surface area contributed by atoms with E-state index in [1.54, 1.807) is 7.11 Å². The molecule has 0 saturated carbocycles. The van der Waals surface area contributed by atoms with E-state index in [1.807, 2.05) is 26.0 Å². The summed E-state index contributed by atoms with van der Waals surface area (Å²) in [5.41, 5.74) is 9.39. The van der Waals surface area contributed by atoms with Crippen LogP contribution in [0.15, 0.2) is 12.1 Å². The van der Waals surface area contributed by atoms with Gasteiger partial charge in [0.05, 0.1) is 13.7 Å². The van der Waals surface area contributed by atoms with Gasteiger partial charge < -0.3 is 15.5 Å². The first kappa shape index (κ1) is 12.9. The van der Waals surface area contributed by atoms with Gasteiger partial charge in [0.25, 0.3) is 0 Å². The quantitative estimate of drug-likeness (QED) is 0.897. The number of halogens is 1. The number of benzene rings is 1. The third-order valence-electron chi connectivity index (χ3n) is 2.90. The van der Waals surface area contributed by atoms with Crippen LogP contribution in [0.3, 0.4) is 0 Å². The van der Waals surface area contributed by atoms with Gasteiger partial charge in [-0.1, -0.05) is 11.6 Å². The number of aryl methyl sites for hydroxylation is 2. The second-order valence-corrected chi connectivity index (χ2v) is 4.56. The summed E-state index contributed by atoms with van der Waals surface area (Å²) in [5, 5.41) is 0.517. The Morgan fingerprint density at radius 1 is 1.33 bits per heavy atom. The molecule has 1 heterocycles. The molecule has 4 nitrogen and oxygen atoms in total. The second kappa shape index (κ2) is 5.00. The summed E-state index contributed by atoms with van der Waals surface area (Å²) in [6, 6.07) is 4.01. The minimum absolute atomic E-state index is 0.341. The minimum atomic E-state index is 0.341. The number of nitrogens with zero attached hydrogens (tertiary/aromatic N) is 1. The van der Waals surface area contributed by atoms with E-state index < -0.39 is 0 Å². The summed E-state index contributed by atoms with van der Waals surface area (Å²) in [4.78, 5) is 7.37. The van der Waals surface area contributed by atoms with Crippen LogP contribution in [-0.2, 0) is 6.54 Å². The summed E-state index contributed by atoms with van der Waals surface area (Å²) in [6.45, 7) is 4.34. The number of aromatic amines is 1. The highest BCUT2D eigenvalue weighted by Crippen LogP contribution is 2.32. The van der Waals surface area contributed by atoms with Gasteiger partial charge in [-0.05, 0) is 37.1 Å². The predicted octanol–water partition coefficient (Wildman–Crippen LogP) is 2.81. The highest BCUT2D eigenvalue weighted by molar-refractivity contribution is 6.32. The topological polar surface area (TPSA) is 63.9 Å². The van der Waals surface area contributed by atoms with Crippen molar-refractivity contribution >= 4 is 11.6 Å². The number of hydrogen-bond acceptors (Lipinski definition) is 3. The van der Waals surface area contributed by atoms with Crippen molar-refractivity contribution in [3.63, 3.8) is 0 Å². The van der Waals surface area contributed by atoms with E-state index in [2.05, 4.69) is 9.97 Å². The number of hydrogen-bond donors (Lipinski definition) is 2. The largest absolute Gasteiger partial charge is 0.496 e. The molecule has 0 bridgehead atoms. The SMILES string of the molecule is COc1cc(C)c(-c2nc(CN)[nH]c2Cl)cc1C. The molecule has 0 saturated heterocycles. The van der Waals surface area contributed by atoms with Crippen LogP contribution in [0, 0.1) is 13.8 Å². The number of H-pyrrole nitrogens is 1. The van der Waals surface area contributed by atoms with Crippen LogP contribution in [0.5, 0.6) is 5.75 Å². The van der Waals surface area contributed by atoms with Crippen LogP contribution in [-0.4, -0.2) is 17.1 Å². The van der Waals surface area contributed by atoms with Crippen molar-refractivity contribution in [2.24, 2.45) is 5.73 Å². The predicted molar refractivity (Wildman–Crippen MR) is 73.0 cm³/mol. The van der Waals surface area contributed by atoms with Gasteiger partial charge in [0.15, 0.2) is 0 Å². The zero-order chi connectivity index (χ0) is 13.3. The zero-order valence-electron chi connectivity index (χ0n) is 10.7. The van der Waals surface area contributed by atoms with Crippen LogP contribution in [0.2, 0.25) is 5.15 Å². The fourth-order valence-electron chi connectivity index (χ4n) is 1.94. The molecule has 0 spiro atoms. The van der Waals surface area contributed by atoms with Gasteiger partial charge in [-0.25, -0.2) is 4.98 Å². The minimum Gasteiger partial charge on any atom is -0.496 e.